The normalized spacial score (nSPS) is 15.1. The predicted octanol–water partition coefficient (Wildman–Crippen LogP) is 8.30. The maximum Gasteiger partial charge on any atom is 0.166 e. The second-order valence-corrected chi connectivity index (χ2v) is 8.13. The van der Waals surface area contributed by atoms with Crippen LogP contribution in [0.5, 0.6) is 0 Å². The molecule has 0 amide bonds. The molecule has 30 heavy (non-hydrogen) atoms. The van der Waals surface area contributed by atoms with E-state index in [1.165, 1.54) is 12.5 Å². The average molecular weight is 406 g/mol. The molecule has 1 fully saturated rings. The topological polar surface area (TPSA) is 0 Å². The molecule has 0 radical (unpaired) electrons. The zero-order valence-electron chi connectivity index (χ0n) is 17.1. The minimum absolute atomic E-state index is 0.130. The van der Waals surface area contributed by atoms with Crippen molar-refractivity contribution in [2.75, 3.05) is 0 Å². The van der Waals surface area contributed by atoms with Gasteiger partial charge in [0.1, 0.15) is 5.82 Å². The molecule has 1 saturated carbocycles. The fraction of sp³-hybridized carbons (Fsp3) is 0.259. The van der Waals surface area contributed by atoms with E-state index >= 15 is 0 Å². The Morgan fingerprint density at radius 1 is 0.733 bits per heavy atom. The first-order valence-electron chi connectivity index (χ1n) is 10.6. The summed E-state index contributed by atoms with van der Waals surface area (Å²) >= 11 is 0. The minimum atomic E-state index is -0.777. The molecule has 3 aromatic carbocycles. The van der Waals surface area contributed by atoms with Gasteiger partial charge in [-0.3, -0.25) is 0 Å². The van der Waals surface area contributed by atoms with Crippen LogP contribution < -0.4 is 0 Å². The van der Waals surface area contributed by atoms with Crippen LogP contribution in [0.15, 0.2) is 54.6 Å². The van der Waals surface area contributed by atoms with Crippen LogP contribution in [-0.2, 0) is 0 Å². The summed E-state index contributed by atoms with van der Waals surface area (Å²) in [6.07, 6.45) is 8.57. The van der Waals surface area contributed by atoms with Gasteiger partial charge >= 0.3 is 0 Å². The number of halogens is 3. The largest absolute Gasteiger partial charge is 0.207 e. The zero-order chi connectivity index (χ0) is 21.1. The van der Waals surface area contributed by atoms with Gasteiger partial charge in [0.25, 0.3) is 0 Å². The molecule has 4 rings (SSSR count). The monoisotopic (exact) mass is 406 g/mol. The van der Waals surface area contributed by atoms with E-state index in [0.29, 0.717) is 11.1 Å². The molecule has 0 unspecified atom stereocenters. The van der Waals surface area contributed by atoms with Gasteiger partial charge in [-0.25, -0.2) is 13.2 Å². The molecule has 0 spiro atoms. The molecule has 0 nitrogen and oxygen atoms in total. The minimum Gasteiger partial charge on any atom is -0.207 e. The fourth-order valence-corrected chi connectivity index (χ4v) is 4.18. The third kappa shape index (κ3) is 4.35. The van der Waals surface area contributed by atoms with Gasteiger partial charge in [-0.2, -0.15) is 0 Å². The number of benzene rings is 3. The lowest BCUT2D eigenvalue weighted by atomic mass is 9.83. The van der Waals surface area contributed by atoms with Crippen LogP contribution in [-0.4, -0.2) is 0 Å². The van der Waals surface area contributed by atoms with Crippen molar-refractivity contribution in [1.29, 1.82) is 0 Å². The van der Waals surface area contributed by atoms with Crippen molar-refractivity contribution >= 4 is 12.2 Å². The van der Waals surface area contributed by atoms with Crippen molar-refractivity contribution in [3.8, 4) is 11.1 Å². The van der Waals surface area contributed by atoms with Gasteiger partial charge < -0.3 is 0 Å². The van der Waals surface area contributed by atoms with Crippen molar-refractivity contribution in [2.24, 2.45) is 0 Å². The molecule has 3 aromatic rings. The highest BCUT2D eigenvalue weighted by molar-refractivity contribution is 5.72. The first kappa shape index (κ1) is 20.5. The van der Waals surface area contributed by atoms with E-state index in [4.69, 9.17) is 0 Å². The molecule has 0 bridgehead atoms. The Labute approximate surface area is 176 Å². The summed E-state index contributed by atoms with van der Waals surface area (Å²) in [7, 11) is 0. The SMILES string of the molecule is Cc1ccc(-c2ccc(/C=C/c3ccc(C4CCCCC4)c(F)c3F)cc2)cc1F. The van der Waals surface area contributed by atoms with Crippen LogP contribution in [0.3, 0.4) is 0 Å². The smallest absolute Gasteiger partial charge is 0.166 e. The molecular weight excluding hydrogens is 381 g/mol. The predicted molar refractivity (Wildman–Crippen MR) is 118 cm³/mol. The highest BCUT2D eigenvalue weighted by Crippen LogP contribution is 2.35. The summed E-state index contributed by atoms with van der Waals surface area (Å²) in [5.41, 5.74) is 3.94. The van der Waals surface area contributed by atoms with E-state index in [1.54, 1.807) is 37.3 Å². The number of hydrogen-bond donors (Lipinski definition) is 0. The van der Waals surface area contributed by atoms with Crippen LogP contribution in [0.1, 0.15) is 60.3 Å². The average Bonchev–Trinajstić information content (AvgIpc) is 2.78. The summed E-state index contributed by atoms with van der Waals surface area (Å²) in [5, 5.41) is 0. The third-order valence-electron chi connectivity index (χ3n) is 6.06. The Balaban J connectivity index is 1.52. The van der Waals surface area contributed by atoms with Gasteiger partial charge in [-0.1, -0.05) is 79.9 Å². The van der Waals surface area contributed by atoms with Crippen LogP contribution in [0, 0.1) is 24.4 Å². The third-order valence-corrected chi connectivity index (χ3v) is 6.06. The van der Waals surface area contributed by atoms with Gasteiger partial charge in [0, 0.05) is 5.56 Å². The van der Waals surface area contributed by atoms with Gasteiger partial charge in [-0.15, -0.1) is 0 Å². The molecule has 1 aliphatic carbocycles. The van der Waals surface area contributed by atoms with Crippen LogP contribution >= 0.6 is 0 Å². The van der Waals surface area contributed by atoms with Crippen LogP contribution in [0.2, 0.25) is 0 Å². The lowest BCUT2D eigenvalue weighted by Gasteiger charge is -2.22. The number of rotatable bonds is 4. The van der Waals surface area contributed by atoms with E-state index in [1.807, 2.05) is 30.3 Å². The Bertz CT molecular complexity index is 1060. The Hall–Kier alpha value is -2.81. The van der Waals surface area contributed by atoms with Gasteiger partial charge in [0.05, 0.1) is 0 Å². The zero-order valence-corrected chi connectivity index (χ0v) is 17.1. The first-order valence-corrected chi connectivity index (χ1v) is 10.6. The van der Waals surface area contributed by atoms with E-state index in [9.17, 15) is 13.2 Å². The molecule has 0 N–H and O–H groups in total. The van der Waals surface area contributed by atoms with Gasteiger partial charge in [0.2, 0.25) is 0 Å². The Kier molecular flexibility index (Phi) is 6.08. The maximum absolute atomic E-state index is 14.6. The maximum atomic E-state index is 14.6. The second kappa shape index (κ2) is 8.91. The van der Waals surface area contributed by atoms with Gasteiger partial charge in [-0.05, 0) is 59.6 Å². The van der Waals surface area contributed by atoms with Crippen LogP contribution in [0.25, 0.3) is 23.3 Å². The summed E-state index contributed by atoms with van der Waals surface area (Å²) in [6, 6.07) is 16.1. The first-order chi connectivity index (χ1) is 14.5. The van der Waals surface area contributed by atoms with Crippen molar-refractivity contribution in [3.63, 3.8) is 0 Å². The molecule has 3 heteroatoms. The van der Waals surface area contributed by atoms with E-state index in [0.717, 1.165) is 42.4 Å². The summed E-state index contributed by atoms with van der Waals surface area (Å²) in [5.74, 6) is -1.59. The van der Waals surface area contributed by atoms with E-state index in [-0.39, 0.29) is 17.3 Å². The quantitative estimate of drug-likeness (QED) is 0.382. The Morgan fingerprint density at radius 3 is 2.13 bits per heavy atom. The molecular formula is C27H25F3. The van der Waals surface area contributed by atoms with Gasteiger partial charge in [0.15, 0.2) is 11.6 Å². The standard InChI is InChI=1S/C27H25F3/c1-18-7-11-23(17-25(18)28)20-12-8-19(9-13-20)10-14-22-15-16-24(27(30)26(22)29)21-5-3-2-4-6-21/h7-17,21H,2-6H2,1H3/b14-10+. The Morgan fingerprint density at radius 2 is 1.43 bits per heavy atom. The number of hydrogen-bond acceptors (Lipinski definition) is 0. The van der Waals surface area contributed by atoms with E-state index in [2.05, 4.69) is 0 Å². The number of aryl methyl sites for hydroxylation is 1. The summed E-state index contributed by atoms with van der Waals surface area (Å²) in [6.45, 7) is 1.73. The van der Waals surface area contributed by atoms with Crippen molar-refractivity contribution in [3.05, 3.63) is 94.3 Å². The molecule has 0 atom stereocenters. The molecule has 0 aliphatic heterocycles. The van der Waals surface area contributed by atoms with Crippen molar-refractivity contribution in [1.82, 2.24) is 0 Å². The second-order valence-electron chi connectivity index (χ2n) is 8.13. The van der Waals surface area contributed by atoms with E-state index < -0.39 is 11.6 Å². The molecule has 0 aromatic heterocycles. The molecule has 0 heterocycles. The lowest BCUT2D eigenvalue weighted by Crippen LogP contribution is -2.08. The molecule has 154 valence electrons. The summed E-state index contributed by atoms with van der Waals surface area (Å²) < 4.78 is 43.0. The highest BCUT2D eigenvalue weighted by Gasteiger charge is 2.21. The molecule has 1 aliphatic rings. The molecule has 0 saturated heterocycles. The van der Waals surface area contributed by atoms with Crippen molar-refractivity contribution < 1.29 is 13.2 Å². The lowest BCUT2D eigenvalue weighted by molar-refractivity contribution is 0.417. The highest BCUT2D eigenvalue weighted by atomic mass is 19.2. The van der Waals surface area contributed by atoms with Crippen LogP contribution in [0.4, 0.5) is 13.2 Å². The fourth-order valence-electron chi connectivity index (χ4n) is 4.18. The van der Waals surface area contributed by atoms with Crippen molar-refractivity contribution in [2.45, 2.75) is 44.9 Å². The summed E-state index contributed by atoms with van der Waals surface area (Å²) in [4.78, 5) is 0.